The van der Waals surface area contributed by atoms with E-state index in [0.717, 1.165) is 22.3 Å². The van der Waals surface area contributed by atoms with E-state index in [2.05, 4.69) is 15.5 Å². The number of hydrogen-bond acceptors (Lipinski definition) is 4. The highest BCUT2D eigenvalue weighted by Crippen LogP contribution is 2.38. The molecule has 4 rings (SSSR count). The molecule has 2 N–H and O–H groups in total. The summed E-state index contributed by atoms with van der Waals surface area (Å²) in [4.78, 5) is 16.0. The lowest BCUT2D eigenvalue weighted by Gasteiger charge is -2.12. The van der Waals surface area contributed by atoms with Gasteiger partial charge in [0.25, 0.3) is 0 Å². The van der Waals surface area contributed by atoms with Gasteiger partial charge in [-0.05, 0) is 24.6 Å². The minimum Gasteiger partial charge on any atom is -0.465 e. The fourth-order valence-corrected chi connectivity index (χ4v) is 3.24. The monoisotopic (exact) mass is 367 g/mol. The quantitative estimate of drug-likeness (QED) is 0.701. The fourth-order valence-electron chi connectivity index (χ4n) is 3.12. The largest absolute Gasteiger partial charge is 0.465 e. The zero-order valence-electron chi connectivity index (χ0n) is 13.7. The van der Waals surface area contributed by atoms with Gasteiger partial charge in [0.05, 0.1) is 17.0 Å². The number of carboxylic acid groups (broad SMARTS) is 1. The molecule has 1 aliphatic rings. The highest BCUT2D eigenvalue weighted by Gasteiger charge is 2.31. The topological polar surface area (TPSA) is 87.7 Å². The lowest BCUT2D eigenvalue weighted by Crippen LogP contribution is -2.26. The smallest absolute Gasteiger partial charge is 0.406 e. The van der Waals surface area contributed by atoms with Crippen LogP contribution in [-0.2, 0) is 0 Å². The van der Waals surface area contributed by atoms with Crippen molar-refractivity contribution in [3.05, 3.63) is 76.1 Å². The Hall–Kier alpha value is -3.12. The molecule has 0 aliphatic carbocycles. The Morgan fingerprint density at radius 1 is 1.15 bits per heavy atom. The Morgan fingerprint density at radius 2 is 1.85 bits per heavy atom. The van der Waals surface area contributed by atoms with E-state index in [1.807, 2.05) is 43.3 Å². The molecule has 0 saturated carbocycles. The summed E-state index contributed by atoms with van der Waals surface area (Å²) in [6.07, 6.45) is -2.10. The number of fused-ring (bicyclic) bond motifs is 3. The van der Waals surface area contributed by atoms with E-state index in [4.69, 9.17) is 16.1 Å². The SMILES string of the molecule is Cc1noc2c1-c1ccccc1C(c1ccc(Cl)cc1)=NC2NC(=O)O. The van der Waals surface area contributed by atoms with Crippen molar-refractivity contribution >= 4 is 23.4 Å². The summed E-state index contributed by atoms with van der Waals surface area (Å²) in [5, 5.41) is 16.3. The predicted octanol–water partition coefficient (Wildman–Crippen LogP) is 4.42. The van der Waals surface area contributed by atoms with Crippen LogP contribution in [0.15, 0.2) is 58.0 Å². The van der Waals surface area contributed by atoms with E-state index in [9.17, 15) is 9.90 Å². The number of aryl methyl sites for hydroxylation is 1. The molecule has 0 radical (unpaired) electrons. The number of aliphatic imine (C=N–C) groups is 1. The van der Waals surface area contributed by atoms with Crippen molar-refractivity contribution in [1.82, 2.24) is 10.5 Å². The van der Waals surface area contributed by atoms with Gasteiger partial charge < -0.3 is 9.63 Å². The van der Waals surface area contributed by atoms with E-state index in [1.54, 1.807) is 12.1 Å². The van der Waals surface area contributed by atoms with Crippen LogP contribution in [0.5, 0.6) is 0 Å². The first kappa shape index (κ1) is 16.4. The first-order chi connectivity index (χ1) is 12.5. The summed E-state index contributed by atoms with van der Waals surface area (Å²) in [7, 11) is 0. The second kappa shape index (κ2) is 6.31. The van der Waals surface area contributed by atoms with Gasteiger partial charge in [-0.1, -0.05) is 53.2 Å². The number of aromatic nitrogens is 1. The number of amides is 1. The molecule has 6 nitrogen and oxygen atoms in total. The summed E-state index contributed by atoms with van der Waals surface area (Å²) in [5.41, 5.74) is 4.68. The molecule has 0 bridgehead atoms. The minimum atomic E-state index is -1.19. The van der Waals surface area contributed by atoms with Gasteiger partial charge >= 0.3 is 6.09 Å². The van der Waals surface area contributed by atoms with Crippen LogP contribution in [0.3, 0.4) is 0 Å². The van der Waals surface area contributed by atoms with Crippen molar-refractivity contribution in [2.45, 2.75) is 13.1 Å². The number of nitrogens with one attached hydrogen (secondary N) is 1. The minimum absolute atomic E-state index is 0.376. The van der Waals surface area contributed by atoms with Crippen molar-refractivity contribution in [3.63, 3.8) is 0 Å². The molecule has 7 heteroatoms. The zero-order chi connectivity index (χ0) is 18.3. The van der Waals surface area contributed by atoms with Crippen molar-refractivity contribution in [1.29, 1.82) is 0 Å². The van der Waals surface area contributed by atoms with Gasteiger partial charge in [-0.15, -0.1) is 0 Å². The predicted molar refractivity (Wildman–Crippen MR) is 97.7 cm³/mol. The van der Waals surface area contributed by atoms with Gasteiger partial charge in [-0.2, -0.15) is 0 Å². The second-order valence-electron chi connectivity index (χ2n) is 5.89. The summed E-state index contributed by atoms with van der Waals surface area (Å²) in [6, 6.07) is 15.0. The molecule has 0 fully saturated rings. The summed E-state index contributed by atoms with van der Waals surface area (Å²) < 4.78 is 5.44. The number of nitrogens with zero attached hydrogens (tertiary/aromatic N) is 2. The third kappa shape index (κ3) is 2.74. The molecule has 1 aromatic heterocycles. The average Bonchev–Trinajstić information content (AvgIpc) is 2.94. The Kier molecular flexibility index (Phi) is 3.97. The molecule has 130 valence electrons. The van der Waals surface area contributed by atoms with Gasteiger partial charge in [0, 0.05) is 16.1 Å². The summed E-state index contributed by atoms with van der Waals surface area (Å²) >= 11 is 6.00. The number of benzene rings is 2. The van der Waals surface area contributed by atoms with E-state index in [-0.39, 0.29) is 0 Å². The van der Waals surface area contributed by atoms with Crippen LogP contribution in [0, 0.1) is 6.92 Å². The molecule has 1 unspecified atom stereocenters. The molecule has 1 aliphatic heterocycles. The molecular formula is C19H14ClN3O3. The average molecular weight is 368 g/mol. The Morgan fingerprint density at radius 3 is 2.54 bits per heavy atom. The first-order valence-electron chi connectivity index (χ1n) is 7.93. The van der Waals surface area contributed by atoms with E-state index >= 15 is 0 Å². The van der Waals surface area contributed by atoms with Gasteiger partial charge in [-0.25, -0.2) is 4.79 Å². The van der Waals surface area contributed by atoms with Gasteiger partial charge in [0.15, 0.2) is 11.9 Å². The fraction of sp³-hybridized carbons (Fsp3) is 0.105. The van der Waals surface area contributed by atoms with Crippen LogP contribution < -0.4 is 5.32 Å². The van der Waals surface area contributed by atoms with Gasteiger partial charge in [-0.3, -0.25) is 10.3 Å². The Balaban J connectivity index is 1.99. The summed E-state index contributed by atoms with van der Waals surface area (Å²) in [6.45, 7) is 1.82. The van der Waals surface area contributed by atoms with E-state index in [0.29, 0.717) is 22.2 Å². The van der Waals surface area contributed by atoms with E-state index < -0.39 is 12.3 Å². The van der Waals surface area contributed by atoms with Gasteiger partial charge in [0.1, 0.15) is 0 Å². The van der Waals surface area contributed by atoms with Crippen LogP contribution in [0.4, 0.5) is 4.79 Å². The number of halogens is 1. The molecule has 2 heterocycles. The highest BCUT2D eigenvalue weighted by atomic mass is 35.5. The molecule has 0 saturated heterocycles. The van der Waals surface area contributed by atoms with Crippen LogP contribution in [0.25, 0.3) is 11.1 Å². The molecular weight excluding hydrogens is 354 g/mol. The molecule has 3 aromatic rings. The van der Waals surface area contributed by atoms with Crippen molar-refractivity contribution in [2.24, 2.45) is 4.99 Å². The molecule has 1 atom stereocenters. The maximum Gasteiger partial charge on any atom is 0.406 e. The summed E-state index contributed by atoms with van der Waals surface area (Å²) in [5.74, 6) is 0.376. The van der Waals surface area contributed by atoms with Crippen molar-refractivity contribution in [3.8, 4) is 11.1 Å². The number of rotatable bonds is 2. The van der Waals surface area contributed by atoms with E-state index in [1.165, 1.54) is 0 Å². The number of carbonyl (C=O) groups is 1. The zero-order valence-corrected chi connectivity index (χ0v) is 14.5. The Labute approximate surface area is 154 Å². The second-order valence-corrected chi connectivity index (χ2v) is 6.33. The molecule has 26 heavy (non-hydrogen) atoms. The lowest BCUT2D eigenvalue weighted by molar-refractivity contribution is 0.187. The van der Waals surface area contributed by atoms with Gasteiger partial charge in [0.2, 0.25) is 0 Å². The molecule has 0 spiro atoms. The molecule has 2 aromatic carbocycles. The van der Waals surface area contributed by atoms with Crippen LogP contribution >= 0.6 is 11.6 Å². The normalized spacial score (nSPS) is 15.5. The van der Waals surface area contributed by atoms with Crippen molar-refractivity contribution in [2.75, 3.05) is 0 Å². The van der Waals surface area contributed by atoms with Crippen LogP contribution in [0.1, 0.15) is 28.7 Å². The number of hydrogen-bond donors (Lipinski definition) is 2. The first-order valence-corrected chi connectivity index (χ1v) is 8.31. The maximum atomic E-state index is 11.3. The third-order valence-corrected chi connectivity index (χ3v) is 4.48. The highest BCUT2D eigenvalue weighted by molar-refractivity contribution is 6.30. The van der Waals surface area contributed by atoms with Crippen LogP contribution in [-0.4, -0.2) is 22.1 Å². The third-order valence-electron chi connectivity index (χ3n) is 4.23. The lowest BCUT2D eigenvalue weighted by atomic mass is 9.93. The Bertz CT molecular complexity index is 1020. The maximum absolute atomic E-state index is 11.3. The molecule has 1 amide bonds. The van der Waals surface area contributed by atoms with Crippen molar-refractivity contribution < 1.29 is 14.4 Å². The van der Waals surface area contributed by atoms with Crippen LogP contribution in [0.2, 0.25) is 5.02 Å². The standard InChI is InChI=1S/C19H14ClN3O3/c1-10-15-13-4-2-3-5-14(13)16(11-6-8-12(20)9-7-11)21-18(22-19(24)25)17(15)26-23-10/h2-9,18,22H,1H3,(H,24,25).